The third-order valence-electron chi connectivity index (χ3n) is 1.03. The van der Waals surface area contributed by atoms with Crippen LogP contribution in [0.2, 0.25) is 0 Å². The summed E-state index contributed by atoms with van der Waals surface area (Å²) in [6.45, 7) is 0. The molecular formula is C7H9NaSe. The van der Waals surface area contributed by atoms with Gasteiger partial charge in [-0.25, -0.2) is 0 Å². The number of benzene rings is 1. The Morgan fingerprint density at radius 3 is 2.11 bits per heavy atom. The van der Waals surface area contributed by atoms with Crippen molar-refractivity contribution in [3.63, 3.8) is 0 Å². The fourth-order valence-corrected chi connectivity index (χ4v) is 1.03. The monoisotopic (exact) mass is 196 g/mol. The first kappa shape index (κ1) is 9.74. The van der Waals surface area contributed by atoms with E-state index >= 15 is 0 Å². The third kappa shape index (κ3) is 3.44. The molecule has 0 aromatic heterocycles. The second-order valence-corrected chi connectivity index (χ2v) is 2.31. The van der Waals surface area contributed by atoms with Gasteiger partial charge in [-0.2, -0.15) is 0 Å². The van der Waals surface area contributed by atoms with Gasteiger partial charge < -0.3 is 1.43 Å². The van der Waals surface area contributed by atoms with Crippen LogP contribution in [0.4, 0.5) is 0 Å². The van der Waals surface area contributed by atoms with Gasteiger partial charge in [0.25, 0.3) is 0 Å². The van der Waals surface area contributed by atoms with Gasteiger partial charge in [0.15, 0.2) is 0 Å². The van der Waals surface area contributed by atoms with Crippen LogP contribution in [-0.2, 0) is 5.32 Å². The normalized spacial score (nSPS) is 8.11. The van der Waals surface area contributed by atoms with Gasteiger partial charge in [-0.3, -0.25) is 0 Å². The molecule has 0 fully saturated rings. The minimum atomic E-state index is 0. The Hall–Kier alpha value is 0.739. The van der Waals surface area contributed by atoms with Gasteiger partial charge in [-0.15, -0.1) is 0 Å². The molecule has 0 saturated carbocycles. The molecule has 0 saturated heterocycles. The fraction of sp³-hybridized carbons (Fsp3) is 0.143. The summed E-state index contributed by atoms with van der Waals surface area (Å²) in [5, 5.41) is 1.08. The second-order valence-electron chi connectivity index (χ2n) is 1.64. The van der Waals surface area contributed by atoms with Crippen molar-refractivity contribution >= 4 is 16.0 Å². The minimum absolute atomic E-state index is 0. The van der Waals surface area contributed by atoms with E-state index in [1.807, 2.05) is 6.07 Å². The van der Waals surface area contributed by atoms with Crippen molar-refractivity contribution in [2.75, 3.05) is 0 Å². The van der Waals surface area contributed by atoms with Crippen molar-refractivity contribution in [2.45, 2.75) is 5.32 Å². The first-order chi connectivity index (χ1) is 3.93. The van der Waals surface area contributed by atoms with Crippen molar-refractivity contribution < 1.29 is 31.0 Å². The zero-order valence-corrected chi connectivity index (χ0v) is 9.42. The molecule has 0 aliphatic rings. The molecule has 0 bridgehead atoms. The molecule has 0 spiro atoms. The topological polar surface area (TPSA) is 0 Å². The molecule has 0 heterocycles. The first-order valence-electron chi connectivity index (χ1n) is 2.58. The van der Waals surface area contributed by atoms with E-state index in [1.165, 1.54) is 5.56 Å². The zero-order chi connectivity index (χ0) is 5.82. The maximum absolute atomic E-state index is 2.56. The van der Waals surface area contributed by atoms with Crippen LogP contribution in [0.5, 0.6) is 0 Å². The van der Waals surface area contributed by atoms with Crippen molar-refractivity contribution in [3.05, 3.63) is 35.9 Å². The fourth-order valence-electron chi connectivity index (χ4n) is 0.583. The van der Waals surface area contributed by atoms with Crippen molar-refractivity contribution in [1.29, 1.82) is 0 Å². The van der Waals surface area contributed by atoms with Crippen LogP contribution >= 0.6 is 0 Å². The molecule has 0 N–H and O–H groups in total. The summed E-state index contributed by atoms with van der Waals surface area (Å²) in [6.07, 6.45) is 0. The molecule has 0 aliphatic heterocycles. The summed E-state index contributed by atoms with van der Waals surface area (Å²) in [5.41, 5.74) is 1.38. The molecule has 2 heteroatoms. The summed E-state index contributed by atoms with van der Waals surface area (Å²) < 4.78 is 0. The van der Waals surface area contributed by atoms with Gasteiger partial charge in [0, 0.05) is 0 Å². The van der Waals surface area contributed by atoms with Crippen molar-refractivity contribution in [2.24, 2.45) is 0 Å². The molecule has 0 nitrogen and oxygen atoms in total. The molecule has 0 aliphatic carbocycles. The summed E-state index contributed by atoms with van der Waals surface area (Å²) in [5.74, 6) is 0. The summed E-state index contributed by atoms with van der Waals surface area (Å²) in [4.78, 5) is 0. The summed E-state index contributed by atoms with van der Waals surface area (Å²) >= 11 is 2.56. The standard InChI is InChI=1S/C7H8Se.Na.H/c8-6-7-4-2-1-3-5-7;;/h1-5,8H,6H2;;/q;+1;-1. The predicted octanol–water partition coefficient (Wildman–Crippen LogP) is -1.80. The average Bonchev–Trinajstić information content (AvgIpc) is 1.90. The molecular weight excluding hydrogens is 186 g/mol. The van der Waals surface area contributed by atoms with E-state index in [1.54, 1.807) is 0 Å². The molecule has 44 valence electrons. The van der Waals surface area contributed by atoms with Crippen molar-refractivity contribution in [3.8, 4) is 0 Å². The Balaban J connectivity index is 0. The van der Waals surface area contributed by atoms with Gasteiger partial charge in [-0.05, 0) is 0 Å². The predicted molar refractivity (Wildman–Crippen MR) is 38.4 cm³/mol. The van der Waals surface area contributed by atoms with Gasteiger partial charge >= 0.3 is 86.8 Å². The Morgan fingerprint density at radius 2 is 1.78 bits per heavy atom. The molecule has 0 unspecified atom stereocenters. The molecule has 1 aromatic carbocycles. The van der Waals surface area contributed by atoms with Gasteiger partial charge in [0.2, 0.25) is 0 Å². The van der Waals surface area contributed by atoms with E-state index in [0.717, 1.165) is 5.32 Å². The SMILES string of the molecule is [H-].[Na+].[SeH]Cc1ccccc1. The molecule has 9 heavy (non-hydrogen) atoms. The third-order valence-corrected chi connectivity index (χ3v) is 1.79. The molecule has 0 radical (unpaired) electrons. The second kappa shape index (κ2) is 5.52. The average molecular weight is 195 g/mol. The van der Waals surface area contributed by atoms with Crippen LogP contribution in [0.1, 0.15) is 6.99 Å². The Morgan fingerprint density at radius 1 is 1.22 bits per heavy atom. The van der Waals surface area contributed by atoms with Crippen LogP contribution in [-0.4, -0.2) is 16.0 Å². The molecule has 0 amide bonds. The van der Waals surface area contributed by atoms with E-state index in [2.05, 4.69) is 40.3 Å². The van der Waals surface area contributed by atoms with Crippen molar-refractivity contribution in [1.82, 2.24) is 0 Å². The van der Waals surface area contributed by atoms with Gasteiger partial charge in [0.05, 0.1) is 0 Å². The summed E-state index contributed by atoms with van der Waals surface area (Å²) in [7, 11) is 0. The van der Waals surface area contributed by atoms with E-state index < -0.39 is 0 Å². The quantitative estimate of drug-likeness (QED) is 0.464. The van der Waals surface area contributed by atoms with Crippen LogP contribution in [0.3, 0.4) is 0 Å². The summed E-state index contributed by atoms with van der Waals surface area (Å²) in [6, 6.07) is 10.4. The van der Waals surface area contributed by atoms with Gasteiger partial charge in [0.1, 0.15) is 0 Å². The number of hydrogen-bond donors (Lipinski definition) is 0. The Labute approximate surface area is 87.6 Å². The zero-order valence-electron chi connectivity index (χ0n) is 6.54. The van der Waals surface area contributed by atoms with Crippen LogP contribution < -0.4 is 29.6 Å². The van der Waals surface area contributed by atoms with Crippen LogP contribution in [0.15, 0.2) is 30.3 Å². The molecule has 1 rings (SSSR count). The Bertz CT molecular complexity index is 155. The molecule has 0 atom stereocenters. The Kier molecular flexibility index (Phi) is 5.97. The van der Waals surface area contributed by atoms with E-state index in [0.29, 0.717) is 0 Å². The number of rotatable bonds is 1. The van der Waals surface area contributed by atoms with E-state index in [4.69, 9.17) is 0 Å². The number of hydrogen-bond acceptors (Lipinski definition) is 0. The van der Waals surface area contributed by atoms with Crippen LogP contribution in [0.25, 0.3) is 0 Å². The first-order valence-corrected chi connectivity index (χ1v) is 3.91. The van der Waals surface area contributed by atoms with E-state index in [-0.39, 0.29) is 31.0 Å². The van der Waals surface area contributed by atoms with Gasteiger partial charge in [-0.1, -0.05) is 0 Å². The molecule has 1 aromatic rings. The maximum atomic E-state index is 2.56. The van der Waals surface area contributed by atoms with E-state index in [9.17, 15) is 0 Å². The van der Waals surface area contributed by atoms with Crippen LogP contribution in [0, 0.1) is 0 Å².